The third-order valence-electron chi connectivity index (χ3n) is 2.38. The molecule has 0 bridgehead atoms. The molecule has 1 N–H and O–H groups in total. The standard InChI is InChI=1S/C13H8BrN3O2S2/c14-10-5-4-9(21-10)12-16-17-13(19-12)15-11(18)6-3-8-2-1-7-20-8/h1-7H,(H,15,17,18)/b6-3+. The van der Waals surface area contributed by atoms with Crippen molar-refractivity contribution >= 4 is 56.6 Å². The van der Waals surface area contributed by atoms with E-state index in [2.05, 4.69) is 31.4 Å². The van der Waals surface area contributed by atoms with Crippen molar-refractivity contribution in [2.75, 3.05) is 5.32 Å². The second kappa shape index (κ2) is 6.33. The number of hydrogen-bond donors (Lipinski definition) is 1. The molecule has 0 aliphatic carbocycles. The van der Waals surface area contributed by atoms with Crippen LogP contribution in [0, 0.1) is 0 Å². The van der Waals surface area contributed by atoms with Crippen LogP contribution in [0.15, 0.2) is 43.9 Å². The van der Waals surface area contributed by atoms with Crippen molar-refractivity contribution in [3.63, 3.8) is 0 Å². The van der Waals surface area contributed by atoms with Crippen molar-refractivity contribution in [2.24, 2.45) is 0 Å². The van der Waals surface area contributed by atoms with Gasteiger partial charge in [-0.15, -0.1) is 27.8 Å². The Morgan fingerprint density at radius 1 is 1.33 bits per heavy atom. The van der Waals surface area contributed by atoms with Crippen molar-refractivity contribution in [1.29, 1.82) is 0 Å². The highest BCUT2D eigenvalue weighted by molar-refractivity contribution is 9.11. The summed E-state index contributed by atoms with van der Waals surface area (Å²) in [5.41, 5.74) is 0. The van der Waals surface area contributed by atoms with E-state index >= 15 is 0 Å². The van der Waals surface area contributed by atoms with E-state index in [1.807, 2.05) is 29.6 Å². The number of carbonyl (C=O) groups is 1. The number of thiophene rings is 2. The maximum Gasteiger partial charge on any atom is 0.322 e. The van der Waals surface area contributed by atoms with Crippen LogP contribution in [0.2, 0.25) is 0 Å². The van der Waals surface area contributed by atoms with Crippen molar-refractivity contribution in [1.82, 2.24) is 10.2 Å². The van der Waals surface area contributed by atoms with E-state index < -0.39 is 0 Å². The first-order valence-electron chi connectivity index (χ1n) is 5.82. The summed E-state index contributed by atoms with van der Waals surface area (Å²) >= 11 is 6.40. The van der Waals surface area contributed by atoms with Gasteiger partial charge in [0.15, 0.2) is 0 Å². The number of amides is 1. The predicted molar refractivity (Wildman–Crippen MR) is 87.3 cm³/mol. The quantitative estimate of drug-likeness (QED) is 0.684. The number of aromatic nitrogens is 2. The molecule has 8 heteroatoms. The molecule has 0 atom stereocenters. The Balaban J connectivity index is 1.65. The predicted octanol–water partition coefficient (Wildman–Crippen LogP) is 4.27. The van der Waals surface area contributed by atoms with Gasteiger partial charge in [-0.2, -0.15) is 0 Å². The molecular weight excluding hydrogens is 374 g/mol. The van der Waals surface area contributed by atoms with Crippen molar-refractivity contribution in [3.05, 3.63) is 44.4 Å². The van der Waals surface area contributed by atoms with E-state index in [1.165, 1.54) is 17.4 Å². The summed E-state index contributed by atoms with van der Waals surface area (Å²) < 4.78 is 6.37. The lowest BCUT2D eigenvalue weighted by Gasteiger charge is -1.93. The molecule has 1 amide bonds. The van der Waals surface area contributed by atoms with Gasteiger partial charge in [-0.25, -0.2) is 0 Å². The number of rotatable bonds is 4. The van der Waals surface area contributed by atoms with Gasteiger partial charge in [0.1, 0.15) is 0 Å². The van der Waals surface area contributed by atoms with E-state index in [0.29, 0.717) is 5.89 Å². The van der Waals surface area contributed by atoms with Gasteiger partial charge < -0.3 is 4.42 Å². The summed E-state index contributed by atoms with van der Waals surface area (Å²) in [7, 11) is 0. The molecule has 0 spiro atoms. The molecule has 0 aliphatic heterocycles. The van der Waals surface area contributed by atoms with Gasteiger partial charge in [-0.05, 0) is 45.6 Å². The highest BCUT2D eigenvalue weighted by Gasteiger charge is 2.11. The fourth-order valence-electron chi connectivity index (χ4n) is 1.49. The van der Waals surface area contributed by atoms with Crippen LogP contribution in [0.4, 0.5) is 6.01 Å². The molecule has 3 aromatic heterocycles. The van der Waals surface area contributed by atoms with Crippen LogP contribution >= 0.6 is 38.6 Å². The first-order chi connectivity index (χ1) is 10.2. The molecule has 3 aromatic rings. The summed E-state index contributed by atoms with van der Waals surface area (Å²) in [6.45, 7) is 0. The largest absolute Gasteiger partial charge is 0.402 e. The van der Waals surface area contributed by atoms with Crippen LogP contribution in [-0.2, 0) is 4.79 Å². The van der Waals surface area contributed by atoms with Gasteiger partial charge >= 0.3 is 6.01 Å². The third-order valence-corrected chi connectivity index (χ3v) is 4.83. The van der Waals surface area contributed by atoms with Gasteiger partial charge in [-0.3, -0.25) is 10.1 Å². The van der Waals surface area contributed by atoms with Crippen LogP contribution in [-0.4, -0.2) is 16.1 Å². The number of carbonyl (C=O) groups excluding carboxylic acids is 1. The second-order valence-electron chi connectivity index (χ2n) is 3.85. The summed E-state index contributed by atoms with van der Waals surface area (Å²) in [5, 5.41) is 12.2. The lowest BCUT2D eigenvalue weighted by Crippen LogP contribution is -2.07. The molecule has 0 saturated carbocycles. The molecule has 5 nitrogen and oxygen atoms in total. The molecule has 0 unspecified atom stereocenters. The maximum atomic E-state index is 11.7. The van der Waals surface area contributed by atoms with Gasteiger partial charge in [0.05, 0.1) is 8.66 Å². The van der Waals surface area contributed by atoms with Gasteiger partial charge in [0, 0.05) is 11.0 Å². The number of nitrogens with zero attached hydrogens (tertiary/aromatic N) is 2. The van der Waals surface area contributed by atoms with E-state index in [4.69, 9.17) is 4.42 Å². The Bertz CT molecular complexity index is 777. The Morgan fingerprint density at radius 3 is 2.95 bits per heavy atom. The van der Waals surface area contributed by atoms with Crippen LogP contribution in [0.1, 0.15) is 4.88 Å². The average molecular weight is 382 g/mol. The fraction of sp³-hybridized carbons (Fsp3) is 0. The normalized spacial score (nSPS) is 11.1. The first-order valence-corrected chi connectivity index (χ1v) is 8.31. The molecule has 106 valence electrons. The molecule has 0 aromatic carbocycles. The number of hydrogen-bond acceptors (Lipinski definition) is 6. The van der Waals surface area contributed by atoms with E-state index in [9.17, 15) is 4.79 Å². The lowest BCUT2D eigenvalue weighted by molar-refractivity contribution is -0.112. The second-order valence-corrected chi connectivity index (χ2v) is 7.30. The number of nitrogens with one attached hydrogen (secondary N) is 1. The van der Waals surface area contributed by atoms with Gasteiger partial charge in [-0.1, -0.05) is 11.2 Å². The minimum Gasteiger partial charge on any atom is -0.402 e. The molecule has 21 heavy (non-hydrogen) atoms. The van der Waals surface area contributed by atoms with E-state index in [0.717, 1.165) is 13.5 Å². The molecule has 3 heterocycles. The maximum absolute atomic E-state index is 11.7. The SMILES string of the molecule is O=C(/C=C/c1cccs1)Nc1nnc(-c2ccc(Br)s2)o1. The Hall–Kier alpha value is -1.77. The Labute approximate surface area is 136 Å². The third kappa shape index (κ3) is 3.66. The summed E-state index contributed by atoms with van der Waals surface area (Å²) in [6, 6.07) is 7.69. The van der Waals surface area contributed by atoms with Crippen molar-refractivity contribution < 1.29 is 9.21 Å². The summed E-state index contributed by atoms with van der Waals surface area (Å²) in [4.78, 5) is 13.6. The molecule has 0 saturated heterocycles. The molecule has 0 aliphatic rings. The molecule has 3 rings (SSSR count). The smallest absolute Gasteiger partial charge is 0.322 e. The highest BCUT2D eigenvalue weighted by atomic mass is 79.9. The lowest BCUT2D eigenvalue weighted by atomic mass is 10.4. The monoisotopic (exact) mass is 381 g/mol. The summed E-state index contributed by atoms with van der Waals surface area (Å²) in [5.74, 6) is 0.0641. The Morgan fingerprint density at radius 2 is 2.24 bits per heavy atom. The van der Waals surface area contributed by atoms with E-state index in [-0.39, 0.29) is 11.9 Å². The zero-order chi connectivity index (χ0) is 14.7. The van der Waals surface area contributed by atoms with Crippen molar-refractivity contribution in [3.8, 4) is 10.8 Å². The number of anilines is 1. The minimum absolute atomic E-state index is 0.0790. The number of halogens is 1. The summed E-state index contributed by atoms with van der Waals surface area (Å²) in [6.07, 6.45) is 3.16. The zero-order valence-corrected chi connectivity index (χ0v) is 13.7. The van der Waals surface area contributed by atoms with Gasteiger partial charge in [0.25, 0.3) is 11.8 Å². The van der Waals surface area contributed by atoms with Crippen LogP contribution in [0.3, 0.4) is 0 Å². The average Bonchev–Trinajstić information content (AvgIpc) is 3.17. The molecule has 0 radical (unpaired) electrons. The van der Waals surface area contributed by atoms with Gasteiger partial charge in [0.2, 0.25) is 0 Å². The zero-order valence-electron chi connectivity index (χ0n) is 10.4. The van der Waals surface area contributed by atoms with Crippen LogP contribution < -0.4 is 5.32 Å². The highest BCUT2D eigenvalue weighted by Crippen LogP contribution is 2.30. The Kier molecular flexibility index (Phi) is 4.28. The van der Waals surface area contributed by atoms with Crippen molar-refractivity contribution in [2.45, 2.75) is 0 Å². The molecule has 0 fully saturated rings. The molecular formula is C13H8BrN3O2S2. The van der Waals surface area contributed by atoms with Crippen LogP contribution in [0.25, 0.3) is 16.8 Å². The van der Waals surface area contributed by atoms with E-state index in [1.54, 1.807) is 17.4 Å². The first kappa shape index (κ1) is 14.2. The fourth-order valence-corrected chi connectivity index (χ4v) is 3.42. The minimum atomic E-state index is -0.314. The topological polar surface area (TPSA) is 68.0 Å². The van der Waals surface area contributed by atoms with Crippen LogP contribution in [0.5, 0.6) is 0 Å².